The van der Waals surface area contributed by atoms with E-state index in [4.69, 9.17) is 19.9 Å². The second kappa shape index (κ2) is 6.93. The van der Waals surface area contributed by atoms with Crippen molar-refractivity contribution in [1.29, 1.82) is 0 Å². The smallest absolute Gasteiger partial charge is 0.335 e. The van der Waals surface area contributed by atoms with Gasteiger partial charge in [0.15, 0.2) is 6.10 Å². The average Bonchev–Trinajstić information content (AvgIpc) is 2.37. The molecule has 1 heterocycles. The lowest BCUT2D eigenvalue weighted by molar-refractivity contribution is -0.180. The second-order valence-electron chi connectivity index (χ2n) is 4.27. The summed E-state index contributed by atoms with van der Waals surface area (Å²) >= 11 is 0. The normalized spacial score (nSPS) is 20.9. The number of carbonyl (C=O) groups is 1. The topological polar surface area (TPSA) is 70.8 Å². The molecule has 0 aromatic carbocycles. The number of hydrogen-bond acceptors (Lipinski definition) is 5. The van der Waals surface area contributed by atoms with Crippen molar-refractivity contribution < 1.29 is 19.0 Å². The first kappa shape index (κ1) is 14.4. The summed E-state index contributed by atoms with van der Waals surface area (Å²) in [4.78, 5) is 11.7. The van der Waals surface area contributed by atoms with E-state index in [0.717, 1.165) is 12.8 Å². The molecular weight excluding hydrogens is 222 g/mol. The van der Waals surface area contributed by atoms with E-state index >= 15 is 0 Å². The van der Waals surface area contributed by atoms with Crippen LogP contribution in [0.3, 0.4) is 0 Å². The maximum Gasteiger partial charge on any atom is 0.335 e. The van der Waals surface area contributed by atoms with Gasteiger partial charge in [0.1, 0.15) is 0 Å². The van der Waals surface area contributed by atoms with Crippen LogP contribution in [0.5, 0.6) is 0 Å². The van der Waals surface area contributed by atoms with Gasteiger partial charge in [-0.1, -0.05) is 6.92 Å². The predicted octanol–water partition coefficient (Wildman–Crippen LogP) is 0.853. The molecule has 5 nitrogen and oxygen atoms in total. The Hall–Kier alpha value is -0.650. The molecule has 0 aromatic rings. The zero-order valence-electron chi connectivity index (χ0n) is 10.7. The molecule has 1 fully saturated rings. The first-order chi connectivity index (χ1) is 8.17. The Labute approximate surface area is 103 Å². The SMILES string of the molecule is CCOC(=O)C(CC)OC1(CN)CCOCC1. The van der Waals surface area contributed by atoms with E-state index in [1.54, 1.807) is 6.92 Å². The van der Waals surface area contributed by atoms with Crippen molar-refractivity contribution in [2.45, 2.75) is 44.8 Å². The highest BCUT2D eigenvalue weighted by Gasteiger charge is 2.36. The van der Waals surface area contributed by atoms with Crippen molar-refractivity contribution in [1.82, 2.24) is 0 Å². The lowest BCUT2D eigenvalue weighted by Gasteiger charge is -2.38. The summed E-state index contributed by atoms with van der Waals surface area (Å²) in [5, 5.41) is 0. The van der Waals surface area contributed by atoms with Crippen LogP contribution >= 0.6 is 0 Å². The van der Waals surface area contributed by atoms with Crippen molar-refractivity contribution in [2.24, 2.45) is 5.73 Å². The van der Waals surface area contributed by atoms with Crippen LogP contribution < -0.4 is 5.73 Å². The van der Waals surface area contributed by atoms with Gasteiger partial charge in [-0.15, -0.1) is 0 Å². The van der Waals surface area contributed by atoms with E-state index in [1.807, 2.05) is 6.92 Å². The van der Waals surface area contributed by atoms with Crippen molar-refractivity contribution in [3.05, 3.63) is 0 Å². The zero-order chi connectivity index (χ0) is 12.7. The first-order valence-corrected chi connectivity index (χ1v) is 6.29. The Morgan fingerprint density at radius 3 is 2.53 bits per heavy atom. The van der Waals surface area contributed by atoms with Crippen molar-refractivity contribution in [2.75, 3.05) is 26.4 Å². The van der Waals surface area contributed by atoms with Gasteiger partial charge in [-0.2, -0.15) is 0 Å². The zero-order valence-corrected chi connectivity index (χ0v) is 10.7. The van der Waals surface area contributed by atoms with Crippen molar-refractivity contribution in [3.63, 3.8) is 0 Å². The molecule has 17 heavy (non-hydrogen) atoms. The van der Waals surface area contributed by atoms with Crippen LogP contribution in [0.15, 0.2) is 0 Å². The Balaban J connectivity index is 2.60. The quantitative estimate of drug-likeness (QED) is 0.702. The fourth-order valence-corrected chi connectivity index (χ4v) is 1.95. The Kier molecular flexibility index (Phi) is 5.88. The van der Waals surface area contributed by atoms with Gasteiger partial charge < -0.3 is 19.9 Å². The number of hydrogen-bond donors (Lipinski definition) is 1. The molecule has 0 aliphatic carbocycles. The Bertz CT molecular complexity index is 239. The summed E-state index contributed by atoms with van der Waals surface area (Å²) in [6, 6.07) is 0. The molecular formula is C12H23NO4. The number of ether oxygens (including phenoxy) is 3. The van der Waals surface area contributed by atoms with Crippen molar-refractivity contribution in [3.8, 4) is 0 Å². The third-order valence-electron chi connectivity index (χ3n) is 3.09. The third kappa shape index (κ3) is 3.94. The van der Waals surface area contributed by atoms with Crippen LogP contribution in [0, 0.1) is 0 Å². The molecule has 5 heteroatoms. The van der Waals surface area contributed by atoms with E-state index in [1.165, 1.54) is 0 Å². The monoisotopic (exact) mass is 245 g/mol. The molecule has 100 valence electrons. The van der Waals surface area contributed by atoms with E-state index < -0.39 is 11.7 Å². The maximum atomic E-state index is 11.7. The van der Waals surface area contributed by atoms with Gasteiger partial charge >= 0.3 is 5.97 Å². The van der Waals surface area contributed by atoms with E-state index in [9.17, 15) is 4.79 Å². The van der Waals surface area contributed by atoms with Crippen molar-refractivity contribution >= 4 is 5.97 Å². The highest BCUT2D eigenvalue weighted by atomic mass is 16.6. The number of carbonyl (C=O) groups excluding carboxylic acids is 1. The fraction of sp³-hybridized carbons (Fsp3) is 0.917. The minimum Gasteiger partial charge on any atom is -0.464 e. The summed E-state index contributed by atoms with van der Waals surface area (Å²) < 4.78 is 16.2. The number of rotatable bonds is 6. The number of nitrogens with two attached hydrogens (primary N) is 1. The molecule has 0 spiro atoms. The van der Waals surface area contributed by atoms with Gasteiger partial charge in [0.05, 0.1) is 12.2 Å². The minimum absolute atomic E-state index is 0.297. The lowest BCUT2D eigenvalue weighted by Crippen LogP contribution is -2.49. The third-order valence-corrected chi connectivity index (χ3v) is 3.09. The average molecular weight is 245 g/mol. The molecule has 0 amide bonds. The van der Waals surface area contributed by atoms with Gasteiger partial charge in [-0.3, -0.25) is 0 Å². The minimum atomic E-state index is -0.517. The molecule has 1 saturated heterocycles. The molecule has 1 rings (SSSR count). The van der Waals surface area contributed by atoms with Crippen LogP contribution in [0.4, 0.5) is 0 Å². The van der Waals surface area contributed by atoms with E-state index in [0.29, 0.717) is 32.8 Å². The molecule has 2 N–H and O–H groups in total. The Morgan fingerprint density at radius 2 is 2.06 bits per heavy atom. The van der Waals surface area contributed by atoms with E-state index in [2.05, 4.69) is 0 Å². The molecule has 0 bridgehead atoms. The van der Waals surface area contributed by atoms with Crippen LogP contribution in [0.1, 0.15) is 33.1 Å². The maximum absolute atomic E-state index is 11.7. The van der Waals surface area contributed by atoms with Gasteiger partial charge in [-0.25, -0.2) is 4.79 Å². The summed E-state index contributed by atoms with van der Waals surface area (Å²) in [5.41, 5.74) is 5.36. The highest BCUT2D eigenvalue weighted by molar-refractivity contribution is 5.74. The summed E-state index contributed by atoms with van der Waals surface area (Å²) in [5.74, 6) is -0.297. The van der Waals surface area contributed by atoms with Gasteiger partial charge in [-0.05, 0) is 13.3 Å². The lowest BCUT2D eigenvalue weighted by atomic mass is 9.94. The van der Waals surface area contributed by atoms with Gasteiger partial charge in [0.2, 0.25) is 0 Å². The molecule has 1 unspecified atom stereocenters. The molecule has 1 atom stereocenters. The molecule has 1 aliphatic heterocycles. The molecule has 0 aromatic heterocycles. The first-order valence-electron chi connectivity index (χ1n) is 6.29. The fourth-order valence-electron chi connectivity index (χ4n) is 1.95. The summed E-state index contributed by atoms with van der Waals surface area (Å²) in [6.07, 6.45) is 1.55. The van der Waals surface area contributed by atoms with Gasteiger partial charge in [0, 0.05) is 32.6 Å². The highest BCUT2D eigenvalue weighted by Crippen LogP contribution is 2.26. The van der Waals surface area contributed by atoms with Crippen LogP contribution in [-0.2, 0) is 19.0 Å². The van der Waals surface area contributed by atoms with Crippen LogP contribution in [0.2, 0.25) is 0 Å². The number of esters is 1. The van der Waals surface area contributed by atoms with Gasteiger partial charge in [0.25, 0.3) is 0 Å². The molecule has 1 aliphatic rings. The van der Waals surface area contributed by atoms with E-state index in [-0.39, 0.29) is 5.97 Å². The largest absolute Gasteiger partial charge is 0.464 e. The molecule has 0 saturated carbocycles. The van der Waals surface area contributed by atoms with Crippen LogP contribution in [-0.4, -0.2) is 44.0 Å². The standard InChI is InChI=1S/C12H23NO4/c1-3-10(11(14)16-4-2)17-12(9-13)5-7-15-8-6-12/h10H,3-9,13H2,1-2H3. The molecule has 0 radical (unpaired) electrons. The summed E-state index contributed by atoms with van der Waals surface area (Å²) in [6.45, 7) is 5.75. The summed E-state index contributed by atoms with van der Waals surface area (Å²) in [7, 11) is 0. The predicted molar refractivity (Wildman–Crippen MR) is 63.6 cm³/mol. The van der Waals surface area contributed by atoms with Crippen LogP contribution in [0.25, 0.3) is 0 Å². The Morgan fingerprint density at radius 1 is 1.41 bits per heavy atom. The second-order valence-corrected chi connectivity index (χ2v) is 4.27.